The van der Waals surface area contributed by atoms with Gasteiger partial charge in [-0.15, -0.1) is 0 Å². The van der Waals surface area contributed by atoms with Crippen molar-refractivity contribution < 1.29 is 5.11 Å². The van der Waals surface area contributed by atoms with E-state index in [9.17, 15) is 0 Å². The Kier molecular flexibility index (Phi) is 3.63. The normalized spacial score (nSPS) is 27.5. The summed E-state index contributed by atoms with van der Waals surface area (Å²) in [6, 6.07) is 10.8. The Morgan fingerprint density at radius 3 is 2.57 bits per heavy atom. The van der Waals surface area contributed by atoms with E-state index < -0.39 is 0 Å². The molecule has 1 N–H and O–H groups in total. The molecule has 0 bridgehead atoms. The second-order valence-corrected chi connectivity index (χ2v) is 6.45. The van der Waals surface area contributed by atoms with Crippen molar-refractivity contribution in [2.24, 2.45) is 5.92 Å². The molecular weight excluding hydrogens is 239 g/mol. The molecule has 1 aromatic carbocycles. The van der Waals surface area contributed by atoms with Crippen LogP contribution in [0.25, 0.3) is 0 Å². The van der Waals surface area contributed by atoms with Gasteiger partial charge < -0.3 is 0 Å². The fourth-order valence-electron chi connectivity index (χ4n) is 1.88. The molecule has 1 heterocycles. The van der Waals surface area contributed by atoms with E-state index in [0.717, 1.165) is 4.82 Å². The van der Waals surface area contributed by atoms with E-state index in [0.29, 0.717) is 27.5 Å². The number of benzene rings is 1. The van der Waals surface area contributed by atoms with Gasteiger partial charge in [-0.2, -0.15) is 0 Å². The molecule has 14 heavy (non-hydrogen) atoms. The summed E-state index contributed by atoms with van der Waals surface area (Å²) < 4.78 is 0. The van der Waals surface area contributed by atoms with Gasteiger partial charge in [0.25, 0.3) is 0 Å². The van der Waals surface area contributed by atoms with Crippen molar-refractivity contribution in [1.82, 2.24) is 0 Å². The molecule has 1 aromatic rings. The average Bonchev–Trinajstić information content (AvgIpc) is 2.30. The van der Waals surface area contributed by atoms with Gasteiger partial charge in [0.2, 0.25) is 0 Å². The van der Waals surface area contributed by atoms with Gasteiger partial charge in [-0.05, 0) is 0 Å². The molecule has 1 aliphatic rings. The molecule has 2 heteroatoms. The molecule has 0 aromatic heterocycles. The van der Waals surface area contributed by atoms with Crippen molar-refractivity contribution >= 4 is 15.0 Å². The first kappa shape index (κ1) is 10.2. The topological polar surface area (TPSA) is 20.2 Å². The number of rotatable bonds is 2. The van der Waals surface area contributed by atoms with E-state index in [-0.39, 0.29) is 0 Å². The second-order valence-electron chi connectivity index (χ2n) is 3.86. The summed E-state index contributed by atoms with van der Waals surface area (Å²) in [5, 5.41) is 10.3. The van der Waals surface area contributed by atoms with Gasteiger partial charge in [-0.25, -0.2) is 0 Å². The fourth-order valence-corrected chi connectivity index (χ4v) is 4.88. The molecule has 1 nitrogen and oxygen atoms in total. The van der Waals surface area contributed by atoms with Crippen LogP contribution in [0, 0.1) is 5.92 Å². The van der Waals surface area contributed by atoms with Crippen LogP contribution in [0.5, 0.6) is 0 Å². The van der Waals surface area contributed by atoms with Gasteiger partial charge in [0.15, 0.2) is 0 Å². The number of hydrogen-bond acceptors (Lipinski definition) is 1. The second kappa shape index (κ2) is 4.97. The summed E-state index contributed by atoms with van der Waals surface area (Å²) in [7, 11) is 0. The van der Waals surface area contributed by atoms with Gasteiger partial charge in [0.05, 0.1) is 0 Å². The SMILES string of the molecule is OC[C@H]1CC[C@@H](c2ccccc2)[Se]C1. The molecule has 0 unspecified atom stereocenters. The zero-order chi connectivity index (χ0) is 9.80. The van der Waals surface area contributed by atoms with Crippen molar-refractivity contribution in [3.63, 3.8) is 0 Å². The zero-order valence-corrected chi connectivity index (χ0v) is 9.94. The standard InChI is InChI=1S/C12H16OSe/c13-8-10-6-7-12(14-9-10)11-4-2-1-3-5-11/h1-5,10,12-13H,6-9H2/t10-,12+/m1/s1. The molecule has 0 saturated carbocycles. The van der Waals surface area contributed by atoms with Crippen LogP contribution >= 0.6 is 0 Å². The van der Waals surface area contributed by atoms with Crippen molar-refractivity contribution in [2.75, 3.05) is 6.61 Å². The number of hydrogen-bond donors (Lipinski definition) is 1. The van der Waals surface area contributed by atoms with Crippen molar-refractivity contribution in [2.45, 2.75) is 23.0 Å². The minimum absolute atomic E-state index is 0.392. The van der Waals surface area contributed by atoms with E-state index in [4.69, 9.17) is 5.11 Å². The van der Waals surface area contributed by atoms with Crippen LogP contribution in [0.4, 0.5) is 0 Å². The molecule has 0 spiro atoms. The van der Waals surface area contributed by atoms with Crippen LogP contribution in [0.3, 0.4) is 0 Å². The molecule has 0 radical (unpaired) electrons. The fraction of sp³-hybridized carbons (Fsp3) is 0.500. The van der Waals surface area contributed by atoms with Gasteiger partial charge >= 0.3 is 91.5 Å². The van der Waals surface area contributed by atoms with E-state index in [1.54, 1.807) is 0 Å². The maximum absolute atomic E-state index is 9.06. The molecule has 1 saturated heterocycles. The Hall–Kier alpha value is -0.301. The first-order valence-corrected chi connectivity index (χ1v) is 7.37. The van der Waals surface area contributed by atoms with Gasteiger partial charge in [0.1, 0.15) is 0 Å². The maximum atomic E-state index is 9.06. The third-order valence-corrected chi connectivity index (χ3v) is 6.10. The Bertz CT molecular complexity index is 265. The Morgan fingerprint density at radius 2 is 2.00 bits per heavy atom. The third-order valence-electron chi connectivity index (χ3n) is 2.80. The van der Waals surface area contributed by atoms with Crippen LogP contribution in [0.2, 0.25) is 5.32 Å². The Balaban J connectivity index is 1.96. The summed E-state index contributed by atoms with van der Waals surface area (Å²) in [6.07, 6.45) is 2.48. The third kappa shape index (κ3) is 2.38. The average molecular weight is 255 g/mol. The molecule has 1 fully saturated rings. The van der Waals surface area contributed by atoms with Gasteiger partial charge in [-0.3, -0.25) is 0 Å². The van der Waals surface area contributed by atoms with E-state index in [2.05, 4.69) is 30.3 Å². The molecule has 0 aliphatic carbocycles. The molecule has 1 aliphatic heterocycles. The van der Waals surface area contributed by atoms with Gasteiger partial charge in [0, 0.05) is 0 Å². The molecule has 2 rings (SSSR count). The van der Waals surface area contributed by atoms with Crippen molar-refractivity contribution in [3.05, 3.63) is 35.9 Å². The summed E-state index contributed by atoms with van der Waals surface area (Å²) >= 11 is 0.688. The first-order chi connectivity index (χ1) is 6.90. The summed E-state index contributed by atoms with van der Waals surface area (Å²) in [6.45, 7) is 0.392. The van der Waals surface area contributed by atoms with Crippen LogP contribution < -0.4 is 0 Å². The van der Waals surface area contributed by atoms with Crippen LogP contribution in [-0.4, -0.2) is 26.7 Å². The number of aliphatic hydroxyl groups is 1. The monoisotopic (exact) mass is 256 g/mol. The minimum atomic E-state index is 0.392. The van der Waals surface area contributed by atoms with E-state index >= 15 is 0 Å². The Morgan fingerprint density at radius 1 is 1.21 bits per heavy atom. The van der Waals surface area contributed by atoms with Crippen LogP contribution in [0.1, 0.15) is 23.2 Å². The number of aliphatic hydroxyl groups excluding tert-OH is 1. The molecule has 76 valence electrons. The van der Waals surface area contributed by atoms with Crippen molar-refractivity contribution in [3.8, 4) is 0 Å². The van der Waals surface area contributed by atoms with Crippen molar-refractivity contribution in [1.29, 1.82) is 0 Å². The van der Waals surface area contributed by atoms with Crippen LogP contribution in [-0.2, 0) is 0 Å². The predicted octanol–water partition coefficient (Wildman–Crippen LogP) is 2.25. The van der Waals surface area contributed by atoms with E-state index in [1.807, 2.05) is 0 Å². The summed E-state index contributed by atoms with van der Waals surface area (Å²) in [4.78, 5) is 0.798. The van der Waals surface area contributed by atoms with Crippen LogP contribution in [0.15, 0.2) is 30.3 Å². The predicted molar refractivity (Wildman–Crippen MR) is 59.6 cm³/mol. The quantitative estimate of drug-likeness (QED) is 0.804. The molecule has 2 atom stereocenters. The first-order valence-electron chi connectivity index (χ1n) is 5.17. The molecular formula is C12H16OSe. The zero-order valence-electron chi connectivity index (χ0n) is 8.23. The Labute approximate surface area is 91.7 Å². The van der Waals surface area contributed by atoms with Gasteiger partial charge in [-0.1, -0.05) is 0 Å². The molecule has 0 amide bonds. The summed E-state index contributed by atoms with van der Waals surface area (Å²) in [5.74, 6) is 0.593. The van der Waals surface area contributed by atoms with E-state index in [1.165, 1.54) is 23.7 Å². The summed E-state index contributed by atoms with van der Waals surface area (Å²) in [5.41, 5.74) is 1.50.